The van der Waals surface area contributed by atoms with E-state index in [1.807, 2.05) is 11.8 Å². The molecule has 1 heterocycles. The lowest BCUT2D eigenvalue weighted by Crippen LogP contribution is -2.36. The van der Waals surface area contributed by atoms with Gasteiger partial charge in [0.2, 0.25) is 0 Å². The first-order valence-corrected chi connectivity index (χ1v) is 7.30. The quantitative estimate of drug-likeness (QED) is 0.664. The summed E-state index contributed by atoms with van der Waals surface area (Å²) in [6.45, 7) is 5.49. The minimum absolute atomic E-state index is 0.0739. The number of benzene rings is 1. The van der Waals surface area contributed by atoms with Gasteiger partial charge in [-0.2, -0.15) is 5.26 Å². The van der Waals surface area contributed by atoms with Crippen molar-refractivity contribution in [2.24, 2.45) is 5.92 Å². The van der Waals surface area contributed by atoms with Gasteiger partial charge in [-0.15, -0.1) is 0 Å². The van der Waals surface area contributed by atoms with Crippen LogP contribution in [0.25, 0.3) is 0 Å². The Labute approximate surface area is 124 Å². The molecule has 1 aliphatic rings. The van der Waals surface area contributed by atoms with Gasteiger partial charge in [0.05, 0.1) is 16.6 Å². The summed E-state index contributed by atoms with van der Waals surface area (Å²) in [5.74, 6) is 0.538. The fourth-order valence-corrected chi connectivity index (χ4v) is 2.77. The van der Waals surface area contributed by atoms with Gasteiger partial charge in [-0.25, -0.2) is 0 Å². The molecule has 2 rings (SSSR count). The molecule has 1 aromatic carbocycles. The smallest absolute Gasteiger partial charge is 0.292 e. The average Bonchev–Trinajstić information content (AvgIpc) is 2.52. The van der Waals surface area contributed by atoms with E-state index < -0.39 is 0 Å². The first kappa shape index (κ1) is 15.3. The van der Waals surface area contributed by atoms with Gasteiger partial charge in [0.1, 0.15) is 5.69 Å². The van der Waals surface area contributed by atoms with Crippen LogP contribution in [-0.4, -0.2) is 31.1 Å². The van der Waals surface area contributed by atoms with Gasteiger partial charge in [0, 0.05) is 19.2 Å². The van der Waals surface area contributed by atoms with Crippen LogP contribution in [0.1, 0.15) is 25.3 Å². The van der Waals surface area contributed by atoms with E-state index in [1.165, 1.54) is 12.1 Å². The van der Waals surface area contributed by atoms with Crippen LogP contribution in [0.2, 0.25) is 0 Å². The van der Waals surface area contributed by atoms with Crippen molar-refractivity contribution < 1.29 is 4.92 Å². The molecule has 1 aromatic rings. The topological polar surface area (TPSA) is 82.2 Å². The summed E-state index contributed by atoms with van der Waals surface area (Å²) in [5.41, 5.74) is 1.09. The third kappa shape index (κ3) is 3.70. The zero-order valence-electron chi connectivity index (χ0n) is 12.2. The number of nitriles is 1. The van der Waals surface area contributed by atoms with E-state index in [0.29, 0.717) is 23.7 Å². The molecule has 21 heavy (non-hydrogen) atoms. The number of nitrogens with one attached hydrogen (secondary N) is 1. The molecule has 0 aromatic heterocycles. The molecule has 1 aliphatic heterocycles. The zero-order valence-corrected chi connectivity index (χ0v) is 12.2. The van der Waals surface area contributed by atoms with Gasteiger partial charge in [0.15, 0.2) is 0 Å². The first-order chi connectivity index (χ1) is 10.2. The molecule has 0 radical (unpaired) electrons. The lowest BCUT2D eigenvalue weighted by Gasteiger charge is -2.30. The minimum atomic E-state index is -0.373. The molecule has 0 bridgehead atoms. The average molecular weight is 288 g/mol. The highest BCUT2D eigenvalue weighted by Gasteiger charge is 2.22. The molecular weight excluding hydrogens is 268 g/mol. The molecule has 6 heteroatoms. The van der Waals surface area contributed by atoms with E-state index in [1.54, 1.807) is 6.07 Å². The van der Waals surface area contributed by atoms with E-state index in [0.717, 1.165) is 32.5 Å². The number of anilines is 1. The number of piperidine rings is 1. The van der Waals surface area contributed by atoms with Crippen LogP contribution in [0.15, 0.2) is 18.2 Å². The number of rotatable bonds is 5. The Hall–Kier alpha value is -2.13. The Morgan fingerprint density at radius 2 is 2.19 bits per heavy atom. The number of hydrogen-bond acceptors (Lipinski definition) is 5. The second kappa shape index (κ2) is 7.04. The van der Waals surface area contributed by atoms with Gasteiger partial charge in [0.25, 0.3) is 5.69 Å². The molecular formula is C15H20N4O2. The van der Waals surface area contributed by atoms with Crippen LogP contribution >= 0.6 is 0 Å². The summed E-state index contributed by atoms with van der Waals surface area (Å²) in [5, 5.41) is 23.6. The molecule has 0 spiro atoms. The number of hydrogen-bond donors (Lipinski definition) is 1. The Bertz CT molecular complexity index is 547. The van der Waals surface area contributed by atoms with Crippen LogP contribution in [0.3, 0.4) is 0 Å². The highest BCUT2D eigenvalue weighted by atomic mass is 16.6. The van der Waals surface area contributed by atoms with Crippen LogP contribution < -0.4 is 10.2 Å². The molecule has 0 amide bonds. The highest BCUT2D eigenvalue weighted by Crippen LogP contribution is 2.30. The maximum Gasteiger partial charge on any atom is 0.292 e. The van der Waals surface area contributed by atoms with Crippen molar-refractivity contribution in [1.29, 1.82) is 5.26 Å². The molecule has 1 N–H and O–H groups in total. The largest absolute Gasteiger partial charge is 0.366 e. The Morgan fingerprint density at radius 1 is 1.48 bits per heavy atom. The number of nitro benzene ring substituents is 1. The molecule has 6 nitrogen and oxygen atoms in total. The number of nitrogens with zero attached hydrogens (tertiary/aromatic N) is 3. The Balaban J connectivity index is 2.26. The van der Waals surface area contributed by atoms with E-state index in [2.05, 4.69) is 11.4 Å². The SMILES string of the molecule is CCN(CC1CCNCC1)c1cc(C#N)ccc1[N+](=O)[O-]. The van der Waals surface area contributed by atoms with Crippen LogP contribution in [-0.2, 0) is 0 Å². The highest BCUT2D eigenvalue weighted by molar-refractivity contribution is 5.66. The van der Waals surface area contributed by atoms with Crippen molar-refractivity contribution in [3.63, 3.8) is 0 Å². The third-order valence-corrected chi connectivity index (χ3v) is 3.96. The van der Waals surface area contributed by atoms with Crippen molar-refractivity contribution in [2.45, 2.75) is 19.8 Å². The fraction of sp³-hybridized carbons (Fsp3) is 0.533. The normalized spacial score (nSPS) is 15.4. The van der Waals surface area contributed by atoms with Gasteiger partial charge < -0.3 is 10.2 Å². The maximum absolute atomic E-state index is 11.2. The maximum atomic E-state index is 11.2. The van der Waals surface area contributed by atoms with Gasteiger partial charge in [-0.05, 0) is 50.9 Å². The van der Waals surface area contributed by atoms with Crippen LogP contribution in [0, 0.1) is 27.4 Å². The minimum Gasteiger partial charge on any atom is -0.366 e. The van der Waals surface area contributed by atoms with E-state index in [9.17, 15) is 10.1 Å². The standard InChI is InChI=1S/C15H20N4O2/c1-2-18(11-12-5-7-17-8-6-12)15-9-13(10-16)3-4-14(15)19(20)21/h3-4,9,12,17H,2,5-8,11H2,1H3. The van der Waals surface area contributed by atoms with Crippen molar-refractivity contribution in [2.75, 3.05) is 31.1 Å². The predicted molar refractivity (Wildman–Crippen MR) is 81.3 cm³/mol. The van der Waals surface area contributed by atoms with Gasteiger partial charge >= 0.3 is 0 Å². The summed E-state index contributed by atoms with van der Waals surface area (Å²) >= 11 is 0. The van der Waals surface area contributed by atoms with Crippen LogP contribution in [0.4, 0.5) is 11.4 Å². The first-order valence-electron chi connectivity index (χ1n) is 7.30. The van der Waals surface area contributed by atoms with Crippen molar-refractivity contribution in [3.05, 3.63) is 33.9 Å². The van der Waals surface area contributed by atoms with Gasteiger partial charge in [-0.1, -0.05) is 0 Å². The molecule has 112 valence electrons. The lowest BCUT2D eigenvalue weighted by molar-refractivity contribution is -0.384. The molecule has 0 aliphatic carbocycles. The van der Waals surface area contributed by atoms with Gasteiger partial charge in [-0.3, -0.25) is 10.1 Å². The summed E-state index contributed by atoms with van der Waals surface area (Å²) in [7, 11) is 0. The monoisotopic (exact) mass is 288 g/mol. The summed E-state index contributed by atoms with van der Waals surface area (Å²) < 4.78 is 0. The van der Waals surface area contributed by atoms with E-state index in [-0.39, 0.29) is 10.6 Å². The second-order valence-electron chi connectivity index (χ2n) is 5.30. The van der Waals surface area contributed by atoms with E-state index in [4.69, 9.17) is 5.26 Å². The molecule has 0 atom stereocenters. The second-order valence-corrected chi connectivity index (χ2v) is 5.30. The predicted octanol–water partition coefficient (Wildman–Crippen LogP) is 2.29. The Kier molecular flexibility index (Phi) is 5.12. The van der Waals surface area contributed by atoms with Crippen molar-refractivity contribution in [3.8, 4) is 6.07 Å². The molecule has 1 saturated heterocycles. The zero-order chi connectivity index (χ0) is 15.2. The van der Waals surface area contributed by atoms with Crippen molar-refractivity contribution in [1.82, 2.24) is 5.32 Å². The third-order valence-electron chi connectivity index (χ3n) is 3.96. The molecule has 0 unspecified atom stereocenters. The van der Waals surface area contributed by atoms with Crippen molar-refractivity contribution >= 4 is 11.4 Å². The Morgan fingerprint density at radius 3 is 2.76 bits per heavy atom. The summed E-state index contributed by atoms with van der Waals surface area (Å²) in [6, 6.07) is 6.61. The van der Waals surface area contributed by atoms with E-state index >= 15 is 0 Å². The van der Waals surface area contributed by atoms with Crippen LogP contribution in [0.5, 0.6) is 0 Å². The summed E-state index contributed by atoms with van der Waals surface area (Å²) in [6.07, 6.45) is 2.17. The summed E-state index contributed by atoms with van der Waals surface area (Å²) in [4.78, 5) is 12.9. The molecule has 1 fully saturated rings. The fourth-order valence-electron chi connectivity index (χ4n) is 2.77. The molecule has 0 saturated carbocycles. The number of nitro groups is 1. The lowest BCUT2D eigenvalue weighted by atomic mass is 9.97.